The molecule has 4 heteroatoms. The minimum absolute atomic E-state index is 0.339. The topological polar surface area (TPSA) is 42.7 Å². The number of para-hydroxylation sites is 1. The van der Waals surface area contributed by atoms with Crippen LogP contribution in [0.15, 0.2) is 24.5 Å². The highest BCUT2D eigenvalue weighted by Crippen LogP contribution is 2.26. The van der Waals surface area contributed by atoms with E-state index >= 15 is 0 Å². The number of nitrogens with one attached hydrogen (secondary N) is 1. The van der Waals surface area contributed by atoms with Crippen LogP contribution in [-0.4, -0.2) is 21.3 Å². The minimum Gasteiger partial charge on any atom is -0.307 e. The van der Waals surface area contributed by atoms with Gasteiger partial charge in [-0.05, 0) is 44.4 Å². The average molecular weight is 242 g/mol. The molecule has 0 aliphatic carbocycles. The number of hydrogen-bond acceptors (Lipinski definition) is 3. The first-order valence-electron chi connectivity index (χ1n) is 6.47. The molecule has 0 saturated carbocycles. The van der Waals surface area contributed by atoms with E-state index in [1.54, 1.807) is 0 Å². The van der Waals surface area contributed by atoms with Crippen molar-refractivity contribution in [1.29, 1.82) is 0 Å². The van der Waals surface area contributed by atoms with Gasteiger partial charge in [0.2, 0.25) is 0 Å². The zero-order valence-corrected chi connectivity index (χ0v) is 10.8. The zero-order chi connectivity index (χ0) is 12.5. The quantitative estimate of drug-likeness (QED) is 0.878. The summed E-state index contributed by atoms with van der Waals surface area (Å²) < 4.78 is 2.13. The monoisotopic (exact) mass is 242 g/mol. The molecular formula is C14H18N4. The fourth-order valence-electron chi connectivity index (χ4n) is 2.74. The molecule has 0 bridgehead atoms. The Bertz CT molecular complexity index is 532. The van der Waals surface area contributed by atoms with Crippen LogP contribution in [0.3, 0.4) is 0 Å². The summed E-state index contributed by atoms with van der Waals surface area (Å²) in [5.41, 5.74) is 3.73. The summed E-state index contributed by atoms with van der Waals surface area (Å²) in [5.74, 6) is 1.03. The smallest absolute Gasteiger partial charge is 0.154 e. The number of rotatable bonds is 2. The predicted octanol–water partition coefficient (Wildman–Crippen LogP) is 2.31. The number of benzene rings is 1. The van der Waals surface area contributed by atoms with Crippen LogP contribution in [-0.2, 0) is 0 Å². The van der Waals surface area contributed by atoms with Gasteiger partial charge in [-0.15, -0.1) is 10.2 Å². The molecule has 2 heterocycles. The second kappa shape index (κ2) is 4.53. The third-order valence-electron chi connectivity index (χ3n) is 3.63. The first-order valence-corrected chi connectivity index (χ1v) is 6.47. The second-order valence-corrected chi connectivity index (χ2v) is 4.95. The Kier molecular flexibility index (Phi) is 2.88. The highest BCUT2D eigenvalue weighted by atomic mass is 15.3. The SMILES string of the molecule is Cc1cccc(C)c1-n1cnnc1C1CCCN1. The maximum atomic E-state index is 4.31. The molecule has 1 saturated heterocycles. The Morgan fingerprint density at radius 2 is 2.06 bits per heavy atom. The largest absolute Gasteiger partial charge is 0.307 e. The van der Waals surface area contributed by atoms with Crippen molar-refractivity contribution in [3.05, 3.63) is 41.5 Å². The summed E-state index contributed by atoms with van der Waals surface area (Å²) in [5, 5.41) is 11.9. The first-order chi connectivity index (χ1) is 8.77. The fraction of sp³-hybridized carbons (Fsp3) is 0.429. The van der Waals surface area contributed by atoms with Gasteiger partial charge in [0.05, 0.1) is 11.7 Å². The van der Waals surface area contributed by atoms with E-state index in [4.69, 9.17) is 0 Å². The van der Waals surface area contributed by atoms with Crippen molar-refractivity contribution in [3.63, 3.8) is 0 Å². The van der Waals surface area contributed by atoms with Gasteiger partial charge in [-0.2, -0.15) is 0 Å². The molecule has 0 spiro atoms. The van der Waals surface area contributed by atoms with Crippen LogP contribution in [0.4, 0.5) is 0 Å². The molecular weight excluding hydrogens is 224 g/mol. The molecule has 0 radical (unpaired) electrons. The Morgan fingerprint density at radius 3 is 2.72 bits per heavy atom. The van der Waals surface area contributed by atoms with Crippen molar-refractivity contribution >= 4 is 0 Å². The lowest BCUT2D eigenvalue weighted by Crippen LogP contribution is -2.18. The normalized spacial score (nSPS) is 19.3. The van der Waals surface area contributed by atoms with E-state index in [0.29, 0.717) is 6.04 Å². The molecule has 1 aliphatic heterocycles. The highest BCUT2D eigenvalue weighted by molar-refractivity contribution is 5.47. The summed E-state index contributed by atoms with van der Waals surface area (Å²) in [6.07, 6.45) is 4.18. The van der Waals surface area contributed by atoms with E-state index in [-0.39, 0.29) is 0 Å². The van der Waals surface area contributed by atoms with E-state index in [0.717, 1.165) is 18.8 Å². The van der Waals surface area contributed by atoms with Crippen LogP contribution >= 0.6 is 0 Å². The summed E-state index contributed by atoms with van der Waals surface area (Å²) in [6.45, 7) is 5.34. The Hall–Kier alpha value is -1.68. The van der Waals surface area contributed by atoms with Crippen molar-refractivity contribution in [3.8, 4) is 5.69 Å². The van der Waals surface area contributed by atoms with Crippen LogP contribution < -0.4 is 5.32 Å². The molecule has 18 heavy (non-hydrogen) atoms. The van der Waals surface area contributed by atoms with Gasteiger partial charge in [0.15, 0.2) is 5.82 Å². The van der Waals surface area contributed by atoms with Crippen molar-refractivity contribution in [2.75, 3.05) is 6.54 Å². The van der Waals surface area contributed by atoms with Crippen molar-refractivity contribution in [1.82, 2.24) is 20.1 Å². The van der Waals surface area contributed by atoms with Gasteiger partial charge in [0.1, 0.15) is 6.33 Å². The van der Waals surface area contributed by atoms with E-state index < -0.39 is 0 Å². The highest BCUT2D eigenvalue weighted by Gasteiger charge is 2.22. The van der Waals surface area contributed by atoms with Gasteiger partial charge in [-0.1, -0.05) is 18.2 Å². The molecule has 4 nitrogen and oxygen atoms in total. The van der Waals surface area contributed by atoms with E-state index in [1.807, 2.05) is 6.33 Å². The third-order valence-corrected chi connectivity index (χ3v) is 3.63. The molecule has 1 aromatic carbocycles. The molecule has 0 amide bonds. The number of aromatic nitrogens is 3. The van der Waals surface area contributed by atoms with Crippen molar-refractivity contribution in [2.24, 2.45) is 0 Å². The number of nitrogens with zero attached hydrogens (tertiary/aromatic N) is 3. The van der Waals surface area contributed by atoms with E-state index in [1.165, 1.54) is 23.2 Å². The van der Waals surface area contributed by atoms with Crippen molar-refractivity contribution < 1.29 is 0 Å². The van der Waals surface area contributed by atoms with Crippen LogP contribution in [0.1, 0.15) is 35.8 Å². The molecule has 1 atom stereocenters. The maximum absolute atomic E-state index is 4.31. The Morgan fingerprint density at radius 1 is 1.28 bits per heavy atom. The van der Waals surface area contributed by atoms with E-state index in [2.05, 4.69) is 52.1 Å². The maximum Gasteiger partial charge on any atom is 0.154 e. The molecule has 1 N–H and O–H groups in total. The summed E-state index contributed by atoms with van der Waals surface area (Å²) in [6, 6.07) is 6.69. The molecule has 1 unspecified atom stereocenters. The molecule has 2 aromatic rings. The zero-order valence-electron chi connectivity index (χ0n) is 10.8. The molecule has 1 aromatic heterocycles. The van der Waals surface area contributed by atoms with Gasteiger partial charge in [0, 0.05) is 0 Å². The molecule has 1 fully saturated rings. The van der Waals surface area contributed by atoms with Gasteiger partial charge >= 0.3 is 0 Å². The molecule has 1 aliphatic rings. The second-order valence-electron chi connectivity index (χ2n) is 4.95. The van der Waals surface area contributed by atoms with Crippen LogP contribution in [0.2, 0.25) is 0 Å². The lowest BCUT2D eigenvalue weighted by Gasteiger charge is -2.15. The van der Waals surface area contributed by atoms with Crippen molar-refractivity contribution in [2.45, 2.75) is 32.7 Å². The average Bonchev–Trinajstić information content (AvgIpc) is 2.98. The summed E-state index contributed by atoms with van der Waals surface area (Å²) in [7, 11) is 0. The van der Waals surface area contributed by atoms with Gasteiger partial charge in [-0.25, -0.2) is 0 Å². The Balaban J connectivity index is 2.09. The number of aryl methyl sites for hydroxylation is 2. The first kappa shape index (κ1) is 11.4. The molecule has 94 valence electrons. The Labute approximate surface area is 107 Å². The third kappa shape index (κ3) is 1.82. The van der Waals surface area contributed by atoms with Crippen LogP contribution in [0.25, 0.3) is 5.69 Å². The fourth-order valence-corrected chi connectivity index (χ4v) is 2.74. The van der Waals surface area contributed by atoms with Gasteiger partial charge in [-0.3, -0.25) is 4.57 Å². The molecule has 3 rings (SSSR count). The van der Waals surface area contributed by atoms with Crippen LogP contribution in [0, 0.1) is 13.8 Å². The minimum atomic E-state index is 0.339. The summed E-state index contributed by atoms with van der Waals surface area (Å²) >= 11 is 0. The van der Waals surface area contributed by atoms with Gasteiger partial charge < -0.3 is 5.32 Å². The van der Waals surface area contributed by atoms with E-state index in [9.17, 15) is 0 Å². The lowest BCUT2D eigenvalue weighted by atomic mass is 10.1. The lowest BCUT2D eigenvalue weighted by molar-refractivity contribution is 0.591. The summed E-state index contributed by atoms with van der Waals surface area (Å²) in [4.78, 5) is 0. The van der Waals surface area contributed by atoms with Gasteiger partial charge in [0.25, 0.3) is 0 Å². The predicted molar refractivity (Wildman–Crippen MR) is 70.8 cm³/mol. The van der Waals surface area contributed by atoms with Crippen LogP contribution in [0.5, 0.6) is 0 Å². The number of hydrogen-bond donors (Lipinski definition) is 1. The standard InChI is InChI=1S/C14H18N4/c1-10-5-3-6-11(2)13(10)18-9-16-17-14(18)12-7-4-8-15-12/h3,5-6,9,12,15H,4,7-8H2,1-2H3.